The van der Waals surface area contributed by atoms with Gasteiger partial charge in [0.1, 0.15) is 0 Å². The zero-order valence-corrected chi connectivity index (χ0v) is 5.55. The molecule has 1 aliphatic rings. The van der Waals surface area contributed by atoms with E-state index in [0.717, 1.165) is 0 Å². The lowest BCUT2D eigenvalue weighted by Crippen LogP contribution is -2.56. The monoisotopic (exact) mass is 158 g/mol. The Hall–Kier alpha value is 0.0800. The van der Waals surface area contributed by atoms with Crippen molar-refractivity contribution in [3.63, 3.8) is 0 Å². The Balaban J connectivity index is 2.70. The normalized spacial score (nSPS) is 48.3. The van der Waals surface area contributed by atoms with Crippen LogP contribution in [0.5, 0.6) is 0 Å². The molecule has 9 heavy (non-hydrogen) atoms. The highest BCUT2D eigenvalue weighted by Gasteiger charge is 2.67. The molecular formula is C5H6ClF3. The Morgan fingerprint density at radius 3 is 1.89 bits per heavy atom. The van der Waals surface area contributed by atoms with Gasteiger partial charge in [-0.3, -0.25) is 0 Å². The third kappa shape index (κ3) is 0.741. The minimum absolute atomic E-state index is 0.438. The van der Waals surface area contributed by atoms with Gasteiger partial charge in [0.2, 0.25) is 5.13 Å². The van der Waals surface area contributed by atoms with E-state index in [0.29, 0.717) is 0 Å². The number of rotatable bonds is 0. The standard InChI is InChI=1S/C5H6ClF3/c1-3-2-4(7,8)5(3,6)9/h3H,2H2,1H3. The third-order valence-corrected chi connectivity index (χ3v) is 2.32. The van der Waals surface area contributed by atoms with Crippen molar-refractivity contribution in [2.75, 3.05) is 0 Å². The summed E-state index contributed by atoms with van der Waals surface area (Å²) in [5.41, 5.74) is 0. The lowest BCUT2D eigenvalue weighted by Gasteiger charge is -2.43. The zero-order valence-electron chi connectivity index (χ0n) is 4.80. The Morgan fingerprint density at radius 2 is 1.89 bits per heavy atom. The summed E-state index contributed by atoms with van der Waals surface area (Å²) >= 11 is 4.83. The fraction of sp³-hybridized carbons (Fsp3) is 1.00. The van der Waals surface area contributed by atoms with E-state index in [9.17, 15) is 13.2 Å². The van der Waals surface area contributed by atoms with E-state index in [1.165, 1.54) is 6.92 Å². The van der Waals surface area contributed by atoms with Crippen molar-refractivity contribution in [2.45, 2.75) is 24.4 Å². The molecule has 0 radical (unpaired) electrons. The van der Waals surface area contributed by atoms with Crippen LogP contribution in [0.15, 0.2) is 0 Å². The maximum atomic E-state index is 12.4. The molecule has 0 aromatic carbocycles. The molecule has 0 amide bonds. The molecule has 1 saturated carbocycles. The van der Waals surface area contributed by atoms with E-state index < -0.39 is 23.4 Å². The smallest absolute Gasteiger partial charge is 0.219 e. The molecular weight excluding hydrogens is 153 g/mol. The highest BCUT2D eigenvalue weighted by molar-refractivity contribution is 6.24. The van der Waals surface area contributed by atoms with Crippen molar-refractivity contribution in [2.24, 2.45) is 5.92 Å². The molecule has 0 N–H and O–H groups in total. The minimum atomic E-state index is -3.31. The molecule has 0 heterocycles. The summed E-state index contributed by atoms with van der Waals surface area (Å²) in [6, 6.07) is 0. The molecule has 1 fully saturated rings. The van der Waals surface area contributed by atoms with Gasteiger partial charge in [0, 0.05) is 12.3 Å². The molecule has 2 atom stereocenters. The molecule has 0 saturated heterocycles. The lowest BCUT2D eigenvalue weighted by molar-refractivity contribution is -0.201. The van der Waals surface area contributed by atoms with E-state index in [1.807, 2.05) is 0 Å². The van der Waals surface area contributed by atoms with E-state index in [-0.39, 0.29) is 0 Å². The van der Waals surface area contributed by atoms with E-state index >= 15 is 0 Å². The van der Waals surface area contributed by atoms with Gasteiger partial charge in [-0.05, 0) is 0 Å². The van der Waals surface area contributed by atoms with Gasteiger partial charge in [0.05, 0.1) is 0 Å². The number of halogens is 4. The first-order chi connectivity index (χ1) is 3.88. The van der Waals surface area contributed by atoms with Crippen LogP contribution < -0.4 is 0 Å². The van der Waals surface area contributed by atoms with Crippen LogP contribution >= 0.6 is 11.6 Å². The van der Waals surface area contributed by atoms with E-state index in [1.54, 1.807) is 0 Å². The Bertz CT molecular complexity index is 132. The van der Waals surface area contributed by atoms with Gasteiger partial charge in [-0.2, -0.15) is 0 Å². The maximum absolute atomic E-state index is 12.4. The van der Waals surface area contributed by atoms with Crippen molar-refractivity contribution < 1.29 is 13.2 Å². The van der Waals surface area contributed by atoms with Crippen molar-refractivity contribution in [3.8, 4) is 0 Å². The van der Waals surface area contributed by atoms with Crippen LogP contribution in [-0.4, -0.2) is 11.1 Å². The van der Waals surface area contributed by atoms with Crippen molar-refractivity contribution >= 4 is 11.6 Å². The van der Waals surface area contributed by atoms with Crippen LogP contribution in [0.3, 0.4) is 0 Å². The third-order valence-electron chi connectivity index (χ3n) is 1.67. The molecule has 2 unspecified atom stereocenters. The fourth-order valence-electron chi connectivity index (χ4n) is 0.878. The molecule has 0 bridgehead atoms. The quantitative estimate of drug-likeness (QED) is 0.476. The number of alkyl halides is 4. The molecule has 0 spiro atoms. The molecule has 0 aromatic heterocycles. The van der Waals surface area contributed by atoms with Gasteiger partial charge in [0.25, 0.3) is 5.92 Å². The van der Waals surface area contributed by atoms with E-state index in [4.69, 9.17) is 11.6 Å². The summed E-state index contributed by atoms with van der Waals surface area (Å²) in [5, 5.41) is -2.78. The highest BCUT2D eigenvalue weighted by atomic mass is 35.5. The Kier molecular flexibility index (Phi) is 1.25. The fourth-order valence-corrected chi connectivity index (χ4v) is 1.03. The van der Waals surface area contributed by atoms with Gasteiger partial charge < -0.3 is 0 Å². The first kappa shape index (κ1) is 7.19. The molecule has 1 rings (SSSR count). The first-order valence-corrected chi connectivity index (χ1v) is 3.01. The largest absolute Gasteiger partial charge is 0.295 e. The molecule has 0 nitrogen and oxygen atoms in total. The number of hydrogen-bond donors (Lipinski definition) is 0. The topological polar surface area (TPSA) is 0 Å². The molecule has 4 heteroatoms. The van der Waals surface area contributed by atoms with Crippen LogP contribution in [0, 0.1) is 5.92 Å². The van der Waals surface area contributed by atoms with Crippen molar-refractivity contribution in [1.29, 1.82) is 0 Å². The van der Waals surface area contributed by atoms with Gasteiger partial charge in [-0.1, -0.05) is 18.5 Å². The minimum Gasteiger partial charge on any atom is -0.219 e. The molecule has 1 aliphatic carbocycles. The predicted octanol–water partition coefficient (Wildman–Crippen LogP) is 2.57. The van der Waals surface area contributed by atoms with Crippen molar-refractivity contribution in [1.82, 2.24) is 0 Å². The lowest BCUT2D eigenvalue weighted by atomic mass is 9.80. The summed E-state index contributed by atoms with van der Waals surface area (Å²) in [7, 11) is 0. The second-order valence-corrected chi connectivity index (χ2v) is 2.98. The summed E-state index contributed by atoms with van der Waals surface area (Å²) in [6.45, 7) is 1.37. The van der Waals surface area contributed by atoms with Crippen LogP contribution in [-0.2, 0) is 0 Å². The van der Waals surface area contributed by atoms with E-state index in [2.05, 4.69) is 0 Å². The van der Waals surface area contributed by atoms with Crippen LogP contribution in [0.25, 0.3) is 0 Å². The highest BCUT2D eigenvalue weighted by Crippen LogP contribution is 2.56. The van der Waals surface area contributed by atoms with Gasteiger partial charge in [-0.25, -0.2) is 13.2 Å². The SMILES string of the molecule is CC1CC(F)(F)C1(F)Cl. The second-order valence-electron chi connectivity index (χ2n) is 2.43. The molecule has 54 valence electrons. The number of hydrogen-bond acceptors (Lipinski definition) is 0. The predicted molar refractivity (Wildman–Crippen MR) is 28.4 cm³/mol. The summed E-state index contributed by atoms with van der Waals surface area (Å²) in [5.74, 6) is -4.04. The second kappa shape index (κ2) is 1.57. The molecule has 0 aliphatic heterocycles. The van der Waals surface area contributed by atoms with Crippen LogP contribution in [0.1, 0.15) is 13.3 Å². The zero-order chi connectivity index (χ0) is 7.28. The van der Waals surface area contributed by atoms with Crippen LogP contribution in [0.4, 0.5) is 13.2 Å². The summed E-state index contributed by atoms with van der Waals surface area (Å²) in [4.78, 5) is 0. The Morgan fingerprint density at radius 1 is 1.44 bits per heavy atom. The molecule has 0 aromatic rings. The van der Waals surface area contributed by atoms with Crippen LogP contribution in [0.2, 0.25) is 0 Å². The average Bonchev–Trinajstić information content (AvgIpc) is 1.65. The summed E-state index contributed by atoms with van der Waals surface area (Å²) < 4.78 is 36.5. The maximum Gasteiger partial charge on any atom is 0.295 e. The van der Waals surface area contributed by atoms with Gasteiger partial charge in [0.15, 0.2) is 0 Å². The summed E-state index contributed by atoms with van der Waals surface area (Å²) in [6.07, 6.45) is -0.438. The first-order valence-electron chi connectivity index (χ1n) is 2.63. The average molecular weight is 159 g/mol. The van der Waals surface area contributed by atoms with Crippen molar-refractivity contribution in [3.05, 3.63) is 0 Å². The van der Waals surface area contributed by atoms with Gasteiger partial charge in [-0.15, -0.1) is 0 Å². The van der Waals surface area contributed by atoms with Gasteiger partial charge >= 0.3 is 0 Å². The Labute approximate surface area is 56.0 Å².